The summed E-state index contributed by atoms with van der Waals surface area (Å²) in [6.07, 6.45) is -10.5. The molecule has 0 heterocycles. The highest BCUT2D eigenvalue weighted by atomic mass is 32.2. The maximum absolute atomic E-state index is 13.0. The highest BCUT2D eigenvalue weighted by Gasteiger charge is 2.44. The fourth-order valence-corrected chi connectivity index (χ4v) is 3.39. The van der Waals surface area contributed by atoms with Gasteiger partial charge in [0.05, 0.1) is 19.4 Å². The van der Waals surface area contributed by atoms with Gasteiger partial charge in [0.15, 0.2) is 0 Å². The maximum Gasteiger partial charge on any atom is 0.392 e. The number of esters is 1. The van der Waals surface area contributed by atoms with Gasteiger partial charge < -0.3 is 4.74 Å². The Kier molecular flexibility index (Phi) is 8.26. The molecule has 0 aromatic rings. The molecule has 138 valence electrons. The highest BCUT2D eigenvalue weighted by molar-refractivity contribution is 8.01. The summed E-state index contributed by atoms with van der Waals surface area (Å²) >= 11 is 0.686. The van der Waals surface area contributed by atoms with Crippen LogP contribution in [0.5, 0.6) is 0 Å². The van der Waals surface area contributed by atoms with E-state index in [0.29, 0.717) is 11.8 Å². The van der Waals surface area contributed by atoms with Crippen molar-refractivity contribution in [1.82, 2.24) is 0 Å². The van der Waals surface area contributed by atoms with Gasteiger partial charge in [-0.2, -0.15) is 26.3 Å². The lowest BCUT2D eigenvalue weighted by molar-refractivity contribution is -0.188. The van der Waals surface area contributed by atoms with E-state index in [2.05, 4.69) is 4.74 Å². The number of methoxy groups -OCH3 is 1. The Hall–Kier alpha value is -0.600. The molecular formula is C14H22F6O2S. The van der Waals surface area contributed by atoms with Crippen molar-refractivity contribution in [1.29, 1.82) is 0 Å². The van der Waals surface area contributed by atoms with E-state index < -0.39 is 47.1 Å². The summed E-state index contributed by atoms with van der Waals surface area (Å²) in [5.41, 5.74) is 0. The summed E-state index contributed by atoms with van der Waals surface area (Å²) in [5.74, 6) is -3.52. The fraction of sp³-hybridized carbons (Fsp3) is 0.929. The van der Waals surface area contributed by atoms with Crippen LogP contribution < -0.4 is 0 Å². The minimum absolute atomic E-state index is 0.204. The second-order valence-corrected chi connectivity index (χ2v) is 7.46. The zero-order valence-corrected chi connectivity index (χ0v) is 14.3. The van der Waals surface area contributed by atoms with Crippen LogP contribution in [0, 0.1) is 11.8 Å². The number of halogens is 6. The molecule has 0 aliphatic heterocycles. The number of carbonyl (C=O) groups excluding carboxylic acids is 1. The van der Waals surface area contributed by atoms with Gasteiger partial charge in [0.2, 0.25) is 0 Å². The van der Waals surface area contributed by atoms with Crippen molar-refractivity contribution in [2.45, 2.75) is 57.1 Å². The Labute approximate surface area is 136 Å². The number of hydrogen-bond acceptors (Lipinski definition) is 3. The Morgan fingerprint density at radius 1 is 1.09 bits per heavy atom. The molecule has 0 saturated heterocycles. The van der Waals surface area contributed by atoms with Gasteiger partial charge in [-0.05, 0) is 25.7 Å². The summed E-state index contributed by atoms with van der Waals surface area (Å²) in [7, 11) is 1.06. The Balaban J connectivity index is 4.94. The second-order valence-electron chi connectivity index (χ2n) is 5.87. The first kappa shape index (κ1) is 22.4. The lowest BCUT2D eigenvalue weighted by atomic mass is 9.87. The number of carbonyl (C=O) groups is 1. The van der Waals surface area contributed by atoms with E-state index in [0.717, 1.165) is 7.11 Å². The summed E-state index contributed by atoms with van der Waals surface area (Å²) in [5, 5.41) is 0. The lowest BCUT2D eigenvalue weighted by Crippen LogP contribution is -2.36. The molecule has 9 heteroatoms. The van der Waals surface area contributed by atoms with Crippen molar-refractivity contribution in [3.63, 3.8) is 0 Å². The standard InChI is InChI=1S/C14H22F6O2S/c1-9(2)10(14(18,19)20)5-6-12(3,11(21)22-4)23-8-7-13(15,16)17/h9-10H,5-8H2,1-4H3. The van der Waals surface area contributed by atoms with Gasteiger partial charge in [0.1, 0.15) is 4.75 Å². The first-order valence-electron chi connectivity index (χ1n) is 7.09. The average Bonchev–Trinajstić information content (AvgIpc) is 2.34. The molecule has 2 atom stereocenters. The normalized spacial score (nSPS) is 17.0. The van der Waals surface area contributed by atoms with E-state index in [1.807, 2.05) is 0 Å². The minimum Gasteiger partial charge on any atom is -0.468 e. The predicted octanol–water partition coefficient (Wildman–Crippen LogP) is 5.22. The van der Waals surface area contributed by atoms with E-state index in [9.17, 15) is 31.1 Å². The van der Waals surface area contributed by atoms with Crippen LogP contribution in [0.2, 0.25) is 0 Å². The number of ether oxygens (including phenoxy) is 1. The van der Waals surface area contributed by atoms with E-state index in [-0.39, 0.29) is 12.8 Å². The van der Waals surface area contributed by atoms with Crippen molar-refractivity contribution in [3.8, 4) is 0 Å². The molecule has 0 saturated carbocycles. The fourth-order valence-electron chi connectivity index (χ4n) is 2.15. The van der Waals surface area contributed by atoms with Crippen LogP contribution in [-0.4, -0.2) is 35.9 Å². The van der Waals surface area contributed by atoms with Crippen molar-refractivity contribution < 1.29 is 35.9 Å². The van der Waals surface area contributed by atoms with Gasteiger partial charge in [-0.1, -0.05) is 13.8 Å². The molecule has 23 heavy (non-hydrogen) atoms. The van der Waals surface area contributed by atoms with Gasteiger partial charge >= 0.3 is 18.3 Å². The number of thioether (sulfide) groups is 1. The molecule has 2 unspecified atom stereocenters. The van der Waals surface area contributed by atoms with Crippen LogP contribution in [-0.2, 0) is 9.53 Å². The number of hydrogen-bond donors (Lipinski definition) is 0. The van der Waals surface area contributed by atoms with E-state index in [1.54, 1.807) is 0 Å². The monoisotopic (exact) mass is 368 g/mol. The smallest absolute Gasteiger partial charge is 0.392 e. The van der Waals surface area contributed by atoms with Crippen LogP contribution >= 0.6 is 11.8 Å². The summed E-state index contributed by atoms with van der Waals surface area (Å²) in [6, 6.07) is 0. The summed E-state index contributed by atoms with van der Waals surface area (Å²) in [6.45, 7) is 4.17. The predicted molar refractivity (Wildman–Crippen MR) is 77.2 cm³/mol. The van der Waals surface area contributed by atoms with Crippen molar-refractivity contribution in [3.05, 3.63) is 0 Å². The molecular weight excluding hydrogens is 346 g/mol. The maximum atomic E-state index is 13.0. The van der Waals surface area contributed by atoms with Gasteiger partial charge in [0.25, 0.3) is 0 Å². The van der Waals surface area contributed by atoms with E-state index in [4.69, 9.17) is 0 Å². The van der Waals surface area contributed by atoms with E-state index >= 15 is 0 Å². The number of rotatable bonds is 8. The topological polar surface area (TPSA) is 26.3 Å². The third kappa shape index (κ3) is 8.17. The molecule has 0 aliphatic rings. The van der Waals surface area contributed by atoms with Crippen LogP contribution in [0.4, 0.5) is 26.3 Å². The zero-order chi connectivity index (χ0) is 18.5. The first-order valence-corrected chi connectivity index (χ1v) is 8.07. The molecule has 0 bridgehead atoms. The largest absolute Gasteiger partial charge is 0.468 e. The highest BCUT2D eigenvalue weighted by Crippen LogP contribution is 2.40. The second kappa shape index (κ2) is 8.48. The quantitative estimate of drug-likeness (QED) is 0.434. The molecule has 0 spiro atoms. The Morgan fingerprint density at radius 3 is 1.96 bits per heavy atom. The molecule has 0 fully saturated rings. The van der Waals surface area contributed by atoms with Crippen molar-refractivity contribution >= 4 is 17.7 Å². The molecule has 0 aromatic heterocycles. The molecule has 0 amide bonds. The Morgan fingerprint density at radius 2 is 1.61 bits per heavy atom. The summed E-state index contributed by atoms with van der Waals surface area (Å²) in [4.78, 5) is 11.8. The van der Waals surface area contributed by atoms with Crippen molar-refractivity contribution in [2.24, 2.45) is 11.8 Å². The Bertz CT molecular complexity index is 380. The van der Waals surface area contributed by atoms with Crippen LogP contribution in [0.15, 0.2) is 0 Å². The molecule has 0 rings (SSSR count). The van der Waals surface area contributed by atoms with Crippen molar-refractivity contribution in [2.75, 3.05) is 12.9 Å². The average molecular weight is 368 g/mol. The van der Waals surface area contributed by atoms with Gasteiger partial charge in [-0.3, -0.25) is 4.79 Å². The van der Waals surface area contributed by atoms with Gasteiger partial charge in [-0.15, -0.1) is 11.8 Å². The molecule has 0 N–H and O–H groups in total. The van der Waals surface area contributed by atoms with Crippen LogP contribution in [0.1, 0.15) is 40.0 Å². The molecule has 0 radical (unpaired) electrons. The molecule has 0 aromatic carbocycles. The molecule has 2 nitrogen and oxygen atoms in total. The number of alkyl halides is 6. The van der Waals surface area contributed by atoms with E-state index in [1.165, 1.54) is 20.8 Å². The van der Waals surface area contributed by atoms with Crippen LogP contribution in [0.3, 0.4) is 0 Å². The van der Waals surface area contributed by atoms with Gasteiger partial charge in [0, 0.05) is 5.75 Å². The zero-order valence-electron chi connectivity index (χ0n) is 13.5. The third-order valence-corrected chi connectivity index (χ3v) is 5.00. The SMILES string of the molecule is COC(=O)C(C)(CCC(C(C)C)C(F)(F)F)SCCC(F)(F)F. The minimum atomic E-state index is -4.41. The lowest BCUT2D eigenvalue weighted by Gasteiger charge is -2.30. The summed E-state index contributed by atoms with van der Waals surface area (Å²) < 4.78 is 78.7. The third-order valence-electron chi connectivity index (χ3n) is 3.58. The van der Waals surface area contributed by atoms with Crippen LogP contribution in [0.25, 0.3) is 0 Å². The molecule has 0 aliphatic carbocycles. The first-order chi connectivity index (χ1) is 10.2. The van der Waals surface area contributed by atoms with Gasteiger partial charge in [-0.25, -0.2) is 0 Å².